The molecule has 1 heterocycles. The van der Waals surface area contributed by atoms with E-state index < -0.39 is 0 Å². The van der Waals surface area contributed by atoms with Crippen molar-refractivity contribution in [1.29, 1.82) is 0 Å². The summed E-state index contributed by atoms with van der Waals surface area (Å²) in [6, 6.07) is 17.5. The van der Waals surface area contributed by atoms with E-state index in [1.807, 2.05) is 0 Å². The van der Waals surface area contributed by atoms with Crippen LogP contribution in [0.5, 0.6) is 0 Å². The molecule has 0 atom stereocenters. The van der Waals surface area contributed by atoms with Crippen molar-refractivity contribution in [3.05, 3.63) is 87.5 Å². The third kappa shape index (κ3) is 10.9. The van der Waals surface area contributed by atoms with Crippen LogP contribution in [0, 0.1) is 0 Å². The van der Waals surface area contributed by atoms with Crippen LogP contribution in [-0.2, 0) is 30.8 Å². The Balaban J connectivity index is 0.000000536. The van der Waals surface area contributed by atoms with E-state index in [9.17, 15) is 5.53 Å². The molecule has 0 aliphatic carbocycles. The fourth-order valence-corrected chi connectivity index (χ4v) is 7.25. The van der Waals surface area contributed by atoms with E-state index in [2.05, 4.69) is 90.1 Å². The second-order valence-corrected chi connectivity index (χ2v) is 13.3. The van der Waals surface area contributed by atoms with Gasteiger partial charge in [0.05, 0.1) is 0 Å². The van der Waals surface area contributed by atoms with Gasteiger partial charge in [0, 0.05) is 22.3 Å². The Hall–Kier alpha value is -1.82. The van der Waals surface area contributed by atoms with Crippen LogP contribution < -0.4 is 0 Å². The molecule has 2 aromatic rings. The molecule has 0 radical (unpaired) electrons. The maximum absolute atomic E-state index is 11.4. The molecular formula is C37H56N2Pd. The van der Waals surface area contributed by atoms with Gasteiger partial charge >= 0.3 is 67.3 Å². The topological polar surface area (TPSA) is 25.3 Å². The van der Waals surface area contributed by atoms with Crippen LogP contribution in [0.1, 0.15) is 134 Å². The van der Waals surface area contributed by atoms with Gasteiger partial charge in [0.1, 0.15) is 0 Å². The second kappa shape index (κ2) is 20.1. The Labute approximate surface area is 255 Å². The van der Waals surface area contributed by atoms with Crippen molar-refractivity contribution in [3.63, 3.8) is 0 Å². The minimum absolute atomic E-state index is 0.943. The SMILES string of the molecule is CCCCC1=C(c2cccc(CCCC)c2)[N+](=[N-])C(c2cccc(CCCC)c2)=C1C.CCC[CH2][Pd][CH2]CCC. The summed E-state index contributed by atoms with van der Waals surface area (Å²) in [6.07, 6.45) is 15.9. The number of allylic oxidation sites excluding steroid dienone is 2. The number of rotatable bonds is 17. The molecule has 224 valence electrons. The molecule has 3 rings (SSSR count). The first-order chi connectivity index (χ1) is 19.5. The zero-order valence-corrected chi connectivity index (χ0v) is 28.0. The van der Waals surface area contributed by atoms with Gasteiger partial charge < -0.3 is 5.53 Å². The van der Waals surface area contributed by atoms with Crippen LogP contribution in [0.25, 0.3) is 16.9 Å². The van der Waals surface area contributed by atoms with E-state index in [1.54, 1.807) is 0 Å². The first-order valence-electron chi connectivity index (χ1n) is 16.1. The third-order valence-corrected chi connectivity index (χ3v) is 9.69. The van der Waals surface area contributed by atoms with Crippen molar-refractivity contribution in [2.45, 2.75) is 135 Å². The average molecular weight is 635 g/mol. The van der Waals surface area contributed by atoms with Gasteiger partial charge in [-0.1, -0.05) is 64.3 Å². The monoisotopic (exact) mass is 634 g/mol. The van der Waals surface area contributed by atoms with Crippen molar-refractivity contribution in [2.75, 3.05) is 0 Å². The van der Waals surface area contributed by atoms with Crippen molar-refractivity contribution in [2.24, 2.45) is 0 Å². The van der Waals surface area contributed by atoms with Gasteiger partial charge in [0.15, 0.2) is 0 Å². The Morgan fingerprint density at radius 2 is 1.05 bits per heavy atom. The van der Waals surface area contributed by atoms with Gasteiger partial charge in [-0.2, -0.15) is 0 Å². The van der Waals surface area contributed by atoms with Crippen LogP contribution in [0.3, 0.4) is 0 Å². The van der Waals surface area contributed by atoms with E-state index in [4.69, 9.17) is 0 Å². The molecule has 0 aromatic heterocycles. The van der Waals surface area contributed by atoms with Gasteiger partial charge in [-0.15, -0.1) is 0 Å². The Morgan fingerprint density at radius 1 is 0.600 bits per heavy atom. The van der Waals surface area contributed by atoms with Crippen LogP contribution in [-0.4, -0.2) is 4.70 Å². The van der Waals surface area contributed by atoms with E-state index in [-0.39, 0.29) is 0 Å². The fourth-order valence-electron chi connectivity index (χ4n) is 4.98. The molecule has 0 saturated carbocycles. The number of nitrogens with zero attached hydrogens (tertiary/aromatic N) is 2. The zero-order valence-electron chi connectivity index (χ0n) is 26.4. The third-order valence-electron chi connectivity index (χ3n) is 7.49. The summed E-state index contributed by atoms with van der Waals surface area (Å²) in [4.78, 5) is 3.01. The summed E-state index contributed by atoms with van der Waals surface area (Å²) in [5, 5.41) is 0. The molecule has 0 spiro atoms. The number of hydrogen-bond donors (Lipinski definition) is 0. The molecule has 0 fully saturated rings. The van der Waals surface area contributed by atoms with Crippen LogP contribution in [0.2, 0.25) is 9.79 Å². The van der Waals surface area contributed by atoms with E-state index in [0.29, 0.717) is 0 Å². The molecule has 0 N–H and O–H groups in total. The quantitative estimate of drug-likeness (QED) is 0.0939. The number of aryl methyl sites for hydroxylation is 2. The Kier molecular flexibility index (Phi) is 17.3. The summed E-state index contributed by atoms with van der Waals surface area (Å²) in [7, 11) is 0. The molecule has 2 nitrogen and oxygen atoms in total. The molecular weight excluding hydrogens is 579 g/mol. The zero-order chi connectivity index (χ0) is 29.2. The molecule has 1 aliphatic heterocycles. The first kappa shape index (κ1) is 34.4. The summed E-state index contributed by atoms with van der Waals surface area (Å²) < 4.78 is 1.47. The number of benzene rings is 2. The molecule has 0 bridgehead atoms. The second-order valence-electron chi connectivity index (χ2n) is 11.0. The molecule has 0 saturated heterocycles. The Bertz CT molecular complexity index is 1090. The minimum atomic E-state index is 0.943. The molecule has 0 unspecified atom stereocenters. The summed E-state index contributed by atoms with van der Waals surface area (Å²) in [5.74, 6) is 0. The number of hydrogen-bond acceptors (Lipinski definition) is 0. The molecule has 0 amide bonds. The Morgan fingerprint density at radius 3 is 1.52 bits per heavy atom. The van der Waals surface area contributed by atoms with Gasteiger partial charge in [-0.25, -0.2) is 4.70 Å². The van der Waals surface area contributed by atoms with Crippen molar-refractivity contribution in [1.82, 2.24) is 0 Å². The molecule has 40 heavy (non-hydrogen) atoms. The predicted octanol–water partition coefficient (Wildman–Crippen LogP) is 12.3. The van der Waals surface area contributed by atoms with E-state index in [0.717, 1.165) is 72.6 Å². The molecule has 1 aliphatic rings. The van der Waals surface area contributed by atoms with Gasteiger partial charge in [-0.3, -0.25) is 0 Å². The standard InChI is InChI=1S/C29H38N2.2C4H9.Pd/c1-5-8-13-23-15-11-17-25(20-23)28-22(4)27(19-10-7-3)29(31(28)30)26-18-12-16-24(21-26)14-9-6-2;2*1-3-4-2;/h11-12,15-18,20-21H,5-10,13-14,19H2,1-4H3;2*1,3-4H2,2H3;. The average Bonchev–Trinajstić information content (AvgIpc) is 3.23. The van der Waals surface area contributed by atoms with Crippen LogP contribution in [0.4, 0.5) is 0 Å². The van der Waals surface area contributed by atoms with E-state index in [1.165, 1.54) is 88.1 Å². The van der Waals surface area contributed by atoms with Crippen LogP contribution >= 0.6 is 0 Å². The normalized spacial score (nSPS) is 13.3. The molecule has 2 aromatic carbocycles. The first-order valence-corrected chi connectivity index (χ1v) is 18.3. The van der Waals surface area contributed by atoms with Crippen molar-refractivity contribution >= 4 is 11.4 Å². The van der Waals surface area contributed by atoms with Crippen molar-refractivity contribution < 1.29 is 22.7 Å². The summed E-state index contributed by atoms with van der Waals surface area (Å²) >= 11 is 1.07. The summed E-state index contributed by atoms with van der Waals surface area (Å²) in [6.45, 7) is 13.4. The van der Waals surface area contributed by atoms with E-state index >= 15 is 0 Å². The van der Waals surface area contributed by atoms with Gasteiger partial charge in [0.2, 0.25) is 11.4 Å². The van der Waals surface area contributed by atoms with Crippen LogP contribution in [0.15, 0.2) is 59.7 Å². The van der Waals surface area contributed by atoms with Crippen molar-refractivity contribution in [3.8, 4) is 0 Å². The predicted molar refractivity (Wildman–Crippen MR) is 172 cm³/mol. The summed E-state index contributed by atoms with van der Waals surface area (Å²) in [5.41, 5.74) is 20.8. The fraction of sp³-hybridized carbons (Fsp3) is 0.568. The molecule has 3 heteroatoms. The maximum atomic E-state index is 11.4. The number of unbranched alkanes of at least 4 members (excludes halogenated alkanes) is 5. The van der Waals surface area contributed by atoms with Gasteiger partial charge in [0.25, 0.3) is 0 Å². The van der Waals surface area contributed by atoms with Gasteiger partial charge in [-0.05, 0) is 80.8 Å².